The predicted molar refractivity (Wildman–Crippen MR) is 130 cm³/mol. The number of nitrogens with zero attached hydrogens (tertiary/aromatic N) is 4. The van der Waals surface area contributed by atoms with Crippen LogP contribution < -0.4 is 5.32 Å². The van der Waals surface area contributed by atoms with Crippen molar-refractivity contribution in [3.63, 3.8) is 0 Å². The van der Waals surface area contributed by atoms with Crippen molar-refractivity contribution in [1.29, 1.82) is 0 Å². The van der Waals surface area contributed by atoms with Gasteiger partial charge >= 0.3 is 0 Å². The highest BCUT2D eigenvalue weighted by Gasteiger charge is 2.15. The first-order chi connectivity index (χ1) is 13.6. The first kappa shape index (κ1) is 24.9. The fourth-order valence-electron chi connectivity index (χ4n) is 2.95. The summed E-state index contributed by atoms with van der Waals surface area (Å²) in [6.45, 7) is 9.04. The van der Waals surface area contributed by atoms with Gasteiger partial charge in [0, 0.05) is 38.4 Å². The molecule has 0 aliphatic heterocycles. The minimum absolute atomic E-state index is 0. The number of amides is 1. The lowest BCUT2D eigenvalue weighted by molar-refractivity contribution is -0.131. The molecule has 6 nitrogen and oxygen atoms in total. The van der Waals surface area contributed by atoms with Crippen LogP contribution in [-0.4, -0.2) is 59.9 Å². The SMILES string of the molecule is CCNC(=NCc1cccc(-c2ccccn2)c1)N(C)CC(=O)N(CC)CC.I. The summed E-state index contributed by atoms with van der Waals surface area (Å²) in [5.74, 6) is 0.835. The number of hydrogen-bond acceptors (Lipinski definition) is 3. The van der Waals surface area contributed by atoms with Gasteiger partial charge in [-0.15, -0.1) is 24.0 Å². The Kier molecular flexibility index (Phi) is 11.3. The lowest BCUT2D eigenvalue weighted by atomic mass is 10.1. The molecule has 1 aromatic carbocycles. The molecule has 1 N–H and O–H groups in total. The van der Waals surface area contributed by atoms with E-state index in [0.717, 1.165) is 42.4 Å². The van der Waals surface area contributed by atoms with Crippen LogP contribution in [0.15, 0.2) is 53.7 Å². The Bertz CT molecular complexity index is 778. The third-order valence-electron chi connectivity index (χ3n) is 4.48. The highest BCUT2D eigenvalue weighted by molar-refractivity contribution is 14.0. The molecule has 2 rings (SSSR count). The second-order valence-electron chi connectivity index (χ2n) is 6.51. The molecule has 0 radical (unpaired) electrons. The molecule has 1 amide bonds. The molecular formula is C22H32IN5O. The molecule has 0 saturated heterocycles. The monoisotopic (exact) mass is 509 g/mol. The first-order valence-electron chi connectivity index (χ1n) is 9.86. The van der Waals surface area contributed by atoms with Crippen molar-refractivity contribution in [3.05, 3.63) is 54.2 Å². The van der Waals surface area contributed by atoms with Gasteiger partial charge in [-0.05, 0) is 44.5 Å². The molecule has 0 aliphatic rings. The Hall–Kier alpha value is -2.16. The Balaban J connectivity index is 0.00000420. The lowest BCUT2D eigenvalue weighted by Gasteiger charge is -2.25. The van der Waals surface area contributed by atoms with Gasteiger partial charge < -0.3 is 15.1 Å². The summed E-state index contributed by atoms with van der Waals surface area (Å²) >= 11 is 0. The Morgan fingerprint density at radius 2 is 1.86 bits per heavy atom. The smallest absolute Gasteiger partial charge is 0.242 e. The molecule has 0 spiro atoms. The van der Waals surface area contributed by atoms with Gasteiger partial charge in [-0.3, -0.25) is 9.78 Å². The van der Waals surface area contributed by atoms with E-state index < -0.39 is 0 Å². The van der Waals surface area contributed by atoms with Gasteiger partial charge in [0.15, 0.2) is 5.96 Å². The number of aromatic nitrogens is 1. The fraction of sp³-hybridized carbons (Fsp3) is 0.409. The van der Waals surface area contributed by atoms with Crippen LogP contribution in [0, 0.1) is 0 Å². The quantitative estimate of drug-likeness (QED) is 0.336. The molecule has 1 aromatic heterocycles. The normalized spacial score (nSPS) is 10.8. The molecule has 2 aromatic rings. The molecule has 0 aliphatic carbocycles. The van der Waals surface area contributed by atoms with E-state index >= 15 is 0 Å². The van der Waals surface area contributed by atoms with Crippen molar-refractivity contribution in [2.45, 2.75) is 27.3 Å². The maximum Gasteiger partial charge on any atom is 0.242 e. The van der Waals surface area contributed by atoms with Crippen LogP contribution in [0.5, 0.6) is 0 Å². The molecule has 158 valence electrons. The van der Waals surface area contributed by atoms with Gasteiger partial charge in [0.1, 0.15) is 0 Å². The van der Waals surface area contributed by atoms with Crippen LogP contribution in [-0.2, 0) is 11.3 Å². The van der Waals surface area contributed by atoms with E-state index in [-0.39, 0.29) is 29.9 Å². The molecule has 29 heavy (non-hydrogen) atoms. The predicted octanol–water partition coefficient (Wildman–Crippen LogP) is 3.63. The van der Waals surface area contributed by atoms with Crippen molar-refractivity contribution in [2.75, 3.05) is 33.2 Å². The van der Waals surface area contributed by atoms with Crippen LogP contribution in [0.25, 0.3) is 11.3 Å². The average molecular weight is 509 g/mol. The van der Waals surface area contributed by atoms with Crippen molar-refractivity contribution in [3.8, 4) is 11.3 Å². The molecule has 7 heteroatoms. The third-order valence-corrected chi connectivity index (χ3v) is 4.48. The number of hydrogen-bond donors (Lipinski definition) is 1. The number of nitrogens with one attached hydrogen (secondary N) is 1. The summed E-state index contributed by atoms with van der Waals surface area (Å²) in [6, 6.07) is 14.1. The largest absolute Gasteiger partial charge is 0.357 e. The topological polar surface area (TPSA) is 60.8 Å². The van der Waals surface area contributed by atoms with Crippen molar-refractivity contribution >= 4 is 35.8 Å². The molecule has 1 heterocycles. The van der Waals surface area contributed by atoms with Crippen LogP contribution in [0.4, 0.5) is 0 Å². The van der Waals surface area contributed by atoms with E-state index in [1.165, 1.54) is 0 Å². The minimum atomic E-state index is 0. The van der Waals surface area contributed by atoms with E-state index in [0.29, 0.717) is 13.1 Å². The van der Waals surface area contributed by atoms with Crippen LogP contribution in [0.2, 0.25) is 0 Å². The van der Waals surface area contributed by atoms with E-state index in [4.69, 9.17) is 4.99 Å². The van der Waals surface area contributed by atoms with Gasteiger partial charge in [-0.2, -0.15) is 0 Å². The van der Waals surface area contributed by atoms with E-state index in [9.17, 15) is 4.79 Å². The van der Waals surface area contributed by atoms with Crippen LogP contribution >= 0.6 is 24.0 Å². The third kappa shape index (κ3) is 7.64. The standard InChI is InChI=1S/C22H31N5O.HI/c1-5-23-22(26(4)17-21(28)27(6-2)7-3)25-16-18-11-10-12-19(15-18)20-13-8-9-14-24-20;/h8-15H,5-7,16-17H2,1-4H3,(H,23,25);1H. The number of carbonyl (C=O) groups is 1. The summed E-state index contributed by atoms with van der Waals surface area (Å²) in [4.78, 5) is 25.2. The summed E-state index contributed by atoms with van der Waals surface area (Å²) < 4.78 is 0. The number of aliphatic imine (C=N–C) groups is 1. The van der Waals surface area contributed by atoms with Crippen molar-refractivity contribution in [2.24, 2.45) is 4.99 Å². The van der Waals surface area contributed by atoms with E-state index in [2.05, 4.69) is 28.5 Å². The van der Waals surface area contributed by atoms with Crippen molar-refractivity contribution in [1.82, 2.24) is 20.1 Å². The number of rotatable bonds is 8. The number of likely N-dealkylation sites (N-methyl/N-ethyl adjacent to an activating group) is 2. The molecule has 0 saturated carbocycles. The van der Waals surface area contributed by atoms with E-state index in [1.807, 2.05) is 61.9 Å². The maximum atomic E-state index is 12.4. The summed E-state index contributed by atoms with van der Waals surface area (Å²) in [6.07, 6.45) is 1.80. The number of benzene rings is 1. The van der Waals surface area contributed by atoms with Gasteiger partial charge in [-0.25, -0.2) is 4.99 Å². The summed E-state index contributed by atoms with van der Waals surface area (Å²) in [7, 11) is 1.90. The molecule has 0 bridgehead atoms. The Morgan fingerprint density at radius 1 is 1.10 bits per heavy atom. The van der Waals surface area contributed by atoms with Gasteiger partial charge in [0.2, 0.25) is 5.91 Å². The lowest BCUT2D eigenvalue weighted by Crippen LogP contribution is -2.45. The molecule has 0 atom stereocenters. The molecule has 0 fully saturated rings. The average Bonchev–Trinajstić information content (AvgIpc) is 2.72. The summed E-state index contributed by atoms with van der Waals surface area (Å²) in [5.41, 5.74) is 3.12. The zero-order chi connectivity index (χ0) is 20.4. The summed E-state index contributed by atoms with van der Waals surface area (Å²) in [5, 5.41) is 3.27. The van der Waals surface area contributed by atoms with Crippen LogP contribution in [0.3, 0.4) is 0 Å². The van der Waals surface area contributed by atoms with Crippen LogP contribution in [0.1, 0.15) is 26.3 Å². The Morgan fingerprint density at radius 3 is 2.48 bits per heavy atom. The van der Waals surface area contributed by atoms with Gasteiger partial charge in [0.05, 0.1) is 18.8 Å². The molecule has 0 unspecified atom stereocenters. The van der Waals surface area contributed by atoms with Gasteiger partial charge in [-0.1, -0.05) is 24.3 Å². The first-order valence-corrected chi connectivity index (χ1v) is 9.86. The van der Waals surface area contributed by atoms with Crippen molar-refractivity contribution < 1.29 is 4.79 Å². The number of pyridine rings is 1. The maximum absolute atomic E-state index is 12.4. The zero-order valence-electron chi connectivity index (χ0n) is 17.8. The van der Waals surface area contributed by atoms with Gasteiger partial charge in [0.25, 0.3) is 0 Å². The fourth-order valence-corrected chi connectivity index (χ4v) is 2.95. The number of carbonyl (C=O) groups excluding carboxylic acids is 1. The Labute approximate surface area is 191 Å². The molecular weight excluding hydrogens is 477 g/mol. The second kappa shape index (κ2) is 13.1. The van der Waals surface area contributed by atoms with E-state index in [1.54, 1.807) is 6.20 Å². The highest BCUT2D eigenvalue weighted by atomic mass is 127. The second-order valence-corrected chi connectivity index (χ2v) is 6.51. The highest BCUT2D eigenvalue weighted by Crippen LogP contribution is 2.18. The minimum Gasteiger partial charge on any atom is -0.357 e. The number of halogens is 1. The number of guanidine groups is 1. The zero-order valence-corrected chi connectivity index (χ0v) is 20.1.